The lowest BCUT2D eigenvalue weighted by Crippen LogP contribution is -2.13. The Labute approximate surface area is 148 Å². The topological polar surface area (TPSA) is 105 Å². The molecule has 2 aromatic carbocycles. The first-order chi connectivity index (χ1) is 11.9. The third-order valence-corrected chi connectivity index (χ3v) is 3.46. The van der Waals surface area contributed by atoms with Gasteiger partial charge >= 0.3 is 0 Å². The maximum Gasteiger partial charge on any atom is 0.270 e. The van der Waals surface area contributed by atoms with E-state index in [4.69, 9.17) is 16.3 Å². The van der Waals surface area contributed by atoms with Gasteiger partial charge in [0.2, 0.25) is 0 Å². The molecule has 2 aromatic rings. The van der Waals surface area contributed by atoms with Crippen molar-refractivity contribution < 1.29 is 14.5 Å². The van der Waals surface area contributed by atoms with Gasteiger partial charge in [0.05, 0.1) is 17.1 Å². The summed E-state index contributed by atoms with van der Waals surface area (Å²) in [5.41, 5.74) is 0.422. The first kappa shape index (κ1) is 18.0. The molecule has 0 aliphatic carbocycles. The van der Waals surface area contributed by atoms with Crippen LogP contribution in [0.25, 0.3) is 6.08 Å². The molecular weight excluding hydrogens is 346 g/mol. The Kier molecular flexibility index (Phi) is 5.71. The van der Waals surface area contributed by atoms with Crippen molar-refractivity contribution in [2.75, 3.05) is 12.4 Å². The first-order valence-corrected chi connectivity index (χ1v) is 7.33. The van der Waals surface area contributed by atoms with Crippen LogP contribution in [0.3, 0.4) is 0 Å². The van der Waals surface area contributed by atoms with Crippen LogP contribution in [-0.4, -0.2) is 17.9 Å². The Morgan fingerprint density at radius 3 is 2.72 bits per heavy atom. The number of methoxy groups -OCH3 is 1. The van der Waals surface area contributed by atoms with Crippen LogP contribution in [0.5, 0.6) is 5.75 Å². The maximum absolute atomic E-state index is 12.2. The number of nitriles is 1. The Hall–Kier alpha value is -3.37. The fourth-order valence-electron chi connectivity index (χ4n) is 1.99. The van der Waals surface area contributed by atoms with E-state index in [1.165, 1.54) is 37.5 Å². The van der Waals surface area contributed by atoms with Gasteiger partial charge in [-0.15, -0.1) is 0 Å². The van der Waals surface area contributed by atoms with Gasteiger partial charge in [0, 0.05) is 17.8 Å². The van der Waals surface area contributed by atoms with Crippen LogP contribution < -0.4 is 10.1 Å². The summed E-state index contributed by atoms with van der Waals surface area (Å²) in [4.78, 5) is 22.5. The molecule has 0 fully saturated rings. The van der Waals surface area contributed by atoms with Crippen LogP contribution >= 0.6 is 11.6 Å². The lowest BCUT2D eigenvalue weighted by Gasteiger charge is -2.07. The molecule has 0 aliphatic rings. The minimum atomic E-state index is -0.657. The van der Waals surface area contributed by atoms with E-state index in [0.29, 0.717) is 22.0 Å². The average Bonchev–Trinajstić information content (AvgIpc) is 2.60. The highest BCUT2D eigenvalue weighted by atomic mass is 35.5. The second-order valence-electron chi connectivity index (χ2n) is 4.83. The number of hydrogen-bond donors (Lipinski definition) is 1. The number of ether oxygens (including phenoxy) is 1. The van der Waals surface area contributed by atoms with Crippen LogP contribution in [0.15, 0.2) is 48.0 Å². The SMILES string of the molecule is COc1ccc(NC(=O)/C(C#N)=C/c2cccc([N+](=O)[O-])c2)cc1Cl. The molecule has 0 aromatic heterocycles. The third-order valence-electron chi connectivity index (χ3n) is 3.17. The normalized spacial score (nSPS) is 10.7. The molecule has 0 saturated carbocycles. The van der Waals surface area contributed by atoms with Crippen LogP contribution in [0, 0.1) is 21.4 Å². The zero-order valence-corrected chi connectivity index (χ0v) is 13.8. The van der Waals surface area contributed by atoms with Crippen molar-refractivity contribution in [3.8, 4) is 11.8 Å². The molecule has 0 bridgehead atoms. The number of hydrogen-bond acceptors (Lipinski definition) is 5. The Balaban J connectivity index is 2.24. The molecule has 8 heteroatoms. The van der Waals surface area contributed by atoms with Crippen molar-refractivity contribution >= 4 is 35.0 Å². The van der Waals surface area contributed by atoms with Gasteiger partial charge in [0.1, 0.15) is 17.4 Å². The monoisotopic (exact) mass is 357 g/mol. The number of nitro groups is 1. The van der Waals surface area contributed by atoms with E-state index < -0.39 is 10.8 Å². The molecule has 25 heavy (non-hydrogen) atoms. The number of benzene rings is 2. The van der Waals surface area contributed by atoms with E-state index in [1.807, 2.05) is 0 Å². The fraction of sp³-hybridized carbons (Fsp3) is 0.0588. The highest BCUT2D eigenvalue weighted by Crippen LogP contribution is 2.27. The highest BCUT2D eigenvalue weighted by molar-refractivity contribution is 6.32. The minimum absolute atomic E-state index is 0.131. The van der Waals surface area contributed by atoms with Crippen molar-refractivity contribution in [3.63, 3.8) is 0 Å². The molecule has 0 spiro atoms. The molecule has 2 rings (SSSR count). The minimum Gasteiger partial charge on any atom is -0.495 e. The number of nitro benzene ring substituents is 1. The van der Waals surface area contributed by atoms with Crippen LogP contribution in [0.2, 0.25) is 5.02 Å². The maximum atomic E-state index is 12.2. The van der Waals surface area contributed by atoms with Gasteiger partial charge in [0.15, 0.2) is 0 Å². The van der Waals surface area contributed by atoms with E-state index in [0.717, 1.165) is 0 Å². The second kappa shape index (κ2) is 7.95. The van der Waals surface area contributed by atoms with Crippen LogP contribution in [-0.2, 0) is 4.79 Å². The van der Waals surface area contributed by atoms with Gasteiger partial charge in [-0.05, 0) is 29.8 Å². The van der Waals surface area contributed by atoms with Crippen molar-refractivity contribution in [2.45, 2.75) is 0 Å². The molecule has 0 radical (unpaired) electrons. The van der Waals surface area contributed by atoms with Gasteiger partial charge in [-0.3, -0.25) is 14.9 Å². The summed E-state index contributed by atoms with van der Waals surface area (Å²) in [5, 5.41) is 22.8. The van der Waals surface area contributed by atoms with E-state index in [-0.39, 0.29) is 11.3 Å². The summed E-state index contributed by atoms with van der Waals surface area (Å²) >= 11 is 5.98. The smallest absolute Gasteiger partial charge is 0.270 e. The standard InChI is InChI=1S/C17H12ClN3O4/c1-25-16-6-5-13(9-15(16)18)20-17(22)12(10-19)7-11-3-2-4-14(8-11)21(23)24/h2-9H,1H3,(H,20,22)/b12-7+. The molecule has 0 unspecified atom stereocenters. The summed E-state index contributed by atoms with van der Waals surface area (Å²) in [6.45, 7) is 0. The zero-order valence-electron chi connectivity index (χ0n) is 13.0. The van der Waals surface area contributed by atoms with Gasteiger partial charge in [-0.25, -0.2) is 0 Å². The molecule has 126 valence electrons. The van der Waals surface area contributed by atoms with Gasteiger partial charge in [-0.1, -0.05) is 23.7 Å². The van der Waals surface area contributed by atoms with Crippen molar-refractivity contribution in [1.29, 1.82) is 5.26 Å². The number of carbonyl (C=O) groups is 1. The summed E-state index contributed by atoms with van der Waals surface area (Å²) in [6, 6.07) is 12.0. The van der Waals surface area contributed by atoms with Crippen molar-refractivity contribution in [2.24, 2.45) is 0 Å². The van der Waals surface area contributed by atoms with E-state index in [9.17, 15) is 20.2 Å². The van der Waals surface area contributed by atoms with Crippen LogP contribution in [0.1, 0.15) is 5.56 Å². The second-order valence-corrected chi connectivity index (χ2v) is 5.23. The highest BCUT2D eigenvalue weighted by Gasteiger charge is 2.12. The van der Waals surface area contributed by atoms with Crippen LogP contribution in [0.4, 0.5) is 11.4 Å². The number of carbonyl (C=O) groups excluding carboxylic acids is 1. The summed E-state index contributed by atoms with van der Waals surface area (Å²) in [5.74, 6) is -0.206. The summed E-state index contributed by atoms with van der Waals surface area (Å²) in [7, 11) is 1.47. The Morgan fingerprint density at radius 1 is 1.36 bits per heavy atom. The molecule has 0 heterocycles. The number of amides is 1. The Bertz CT molecular complexity index is 903. The summed E-state index contributed by atoms with van der Waals surface area (Å²) in [6.07, 6.45) is 1.27. The number of nitrogens with one attached hydrogen (secondary N) is 1. The quantitative estimate of drug-likeness (QED) is 0.379. The molecule has 0 atom stereocenters. The molecule has 1 N–H and O–H groups in total. The largest absolute Gasteiger partial charge is 0.495 e. The third kappa shape index (κ3) is 4.56. The molecule has 1 amide bonds. The summed E-state index contributed by atoms with van der Waals surface area (Å²) < 4.78 is 5.02. The van der Waals surface area contributed by atoms with Gasteiger partial charge in [0.25, 0.3) is 11.6 Å². The van der Waals surface area contributed by atoms with Crippen molar-refractivity contribution in [1.82, 2.24) is 0 Å². The number of nitrogens with zero attached hydrogens (tertiary/aromatic N) is 2. The number of non-ortho nitro benzene ring substituents is 1. The number of halogens is 1. The van der Waals surface area contributed by atoms with E-state index >= 15 is 0 Å². The number of rotatable bonds is 5. The molecule has 7 nitrogen and oxygen atoms in total. The predicted molar refractivity (Wildman–Crippen MR) is 93.3 cm³/mol. The molecular formula is C17H12ClN3O4. The number of anilines is 1. The van der Waals surface area contributed by atoms with E-state index in [2.05, 4.69) is 5.32 Å². The predicted octanol–water partition coefficient (Wildman–Crippen LogP) is 3.80. The van der Waals surface area contributed by atoms with Crippen molar-refractivity contribution in [3.05, 3.63) is 68.7 Å². The lowest BCUT2D eigenvalue weighted by atomic mass is 10.1. The molecule has 0 aliphatic heterocycles. The van der Waals surface area contributed by atoms with Gasteiger partial charge in [-0.2, -0.15) is 5.26 Å². The van der Waals surface area contributed by atoms with E-state index in [1.54, 1.807) is 24.3 Å². The molecule has 0 saturated heterocycles. The Morgan fingerprint density at radius 2 is 2.12 bits per heavy atom. The zero-order chi connectivity index (χ0) is 18.4. The lowest BCUT2D eigenvalue weighted by molar-refractivity contribution is -0.384. The first-order valence-electron chi connectivity index (χ1n) is 6.95. The average molecular weight is 358 g/mol. The van der Waals surface area contributed by atoms with Gasteiger partial charge < -0.3 is 10.1 Å². The fourth-order valence-corrected chi connectivity index (χ4v) is 2.24.